The first kappa shape index (κ1) is 13.4. The molecule has 0 aromatic carbocycles. The van der Waals surface area contributed by atoms with E-state index in [9.17, 15) is 9.59 Å². The third-order valence-corrected chi connectivity index (χ3v) is 2.77. The zero-order valence-electron chi connectivity index (χ0n) is 9.23. The van der Waals surface area contributed by atoms with Gasteiger partial charge in [-0.2, -0.15) is 0 Å². The largest absolute Gasteiger partial charge is 0.495 e. The van der Waals surface area contributed by atoms with Crippen LogP contribution in [0.1, 0.15) is 17.4 Å². The number of hydrogen-bond acceptors (Lipinski definition) is 4. The first-order valence-corrected chi connectivity index (χ1v) is 5.48. The molecule has 1 aromatic rings. The van der Waals surface area contributed by atoms with Crippen molar-refractivity contribution in [2.24, 2.45) is 0 Å². The van der Waals surface area contributed by atoms with Crippen molar-refractivity contribution in [2.45, 2.75) is 13.0 Å². The highest BCUT2D eigenvalue weighted by Gasteiger charge is 2.19. The van der Waals surface area contributed by atoms with Gasteiger partial charge in [0.1, 0.15) is 17.5 Å². The second-order valence-electron chi connectivity index (χ2n) is 3.21. The molecular weight excluding hydrogens is 292 g/mol. The predicted molar refractivity (Wildman–Crippen MR) is 63.1 cm³/mol. The summed E-state index contributed by atoms with van der Waals surface area (Å²) in [6, 6.07) is 0.601. The maximum absolute atomic E-state index is 11.7. The number of nitrogens with zero attached hydrogens (tertiary/aromatic N) is 1. The molecule has 0 aliphatic heterocycles. The molecule has 0 bridgehead atoms. The summed E-state index contributed by atoms with van der Waals surface area (Å²) in [7, 11) is 1.46. The van der Waals surface area contributed by atoms with Gasteiger partial charge in [-0.3, -0.25) is 9.59 Å². The summed E-state index contributed by atoms with van der Waals surface area (Å²) in [6.07, 6.45) is 1.41. The maximum Gasteiger partial charge on any atom is 0.325 e. The molecule has 1 atom stereocenters. The number of halogens is 1. The number of pyridine rings is 1. The molecule has 0 aliphatic carbocycles. The van der Waals surface area contributed by atoms with E-state index in [0.29, 0.717) is 10.2 Å². The fourth-order valence-electron chi connectivity index (χ4n) is 1.07. The van der Waals surface area contributed by atoms with E-state index in [0.717, 1.165) is 0 Å². The number of aliphatic carboxylic acids is 1. The number of carbonyl (C=O) groups excluding carboxylic acids is 1. The van der Waals surface area contributed by atoms with Gasteiger partial charge in [0, 0.05) is 6.20 Å². The molecule has 7 heteroatoms. The number of rotatable bonds is 4. The van der Waals surface area contributed by atoms with E-state index in [-0.39, 0.29) is 5.69 Å². The lowest BCUT2D eigenvalue weighted by molar-refractivity contribution is -0.138. The van der Waals surface area contributed by atoms with Gasteiger partial charge >= 0.3 is 5.97 Å². The Morgan fingerprint density at radius 2 is 2.24 bits per heavy atom. The van der Waals surface area contributed by atoms with Gasteiger partial charge in [0.25, 0.3) is 5.91 Å². The number of ether oxygens (including phenoxy) is 1. The number of aromatic nitrogens is 1. The quantitative estimate of drug-likeness (QED) is 0.868. The summed E-state index contributed by atoms with van der Waals surface area (Å²) in [6.45, 7) is 1.37. The van der Waals surface area contributed by atoms with E-state index in [2.05, 4.69) is 26.2 Å². The molecule has 92 valence electrons. The molecule has 1 aromatic heterocycles. The summed E-state index contributed by atoms with van der Waals surface area (Å²) < 4.78 is 5.39. The van der Waals surface area contributed by atoms with Crippen LogP contribution in [0.3, 0.4) is 0 Å². The van der Waals surface area contributed by atoms with Gasteiger partial charge in [0.15, 0.2) is 0 Å². The van der Waals surface area contributed by atoms with Crippen molar-refractivity contribution in [3.8, 4) is 5.75 Å². The molecule has 2 N–H and O–H groups in total. The third kappa shape index (κ3) is 3.16. The average Bonchev–Trinajstić information content (AvgIpc) is 2.28. The fraction of sp³-hybridized carbons (Fsp3) is 0.300. The van der Waals surface area contributed by atoms with Crippen LogP contribution in [-0.4, -0.2) is 35.1 Å². The topological polar surface area (TPSA) is 88.5 Å². The second kappa shape index (κ2) is 5.62. The Labute approximate surface area is 106 Å². The summed E-state index contributed by atoms with van der Waals surface area (Å²) in [4.78, 5) is 26.2. The Morgan fingerprint density at radius 3 is 2.76 bits per heavy atom. The van der Waals surface area contributed by atoms with E-state index in [1.165, 1.54) is 20.2 Å². The number of hydrogen-bond donors (Lipinski definition) is 2. The molecule has 0 spiro atoms. The third-order valence-electron chi connectivity index (χ3n) is 2.01. The first-order chi connectivity index (χ1) is 7.97. The molecule has 1 unspecified atom stereocenters. The van der Waals surface area contributed by atoms with E-state index < -0.39 is 17.9 Å². The number of amides is 1. The minimum atomic E-state index is -1.11. The van der Waals surface area contributed by atoms with Crippen molar-refractivity contribution >= 4 is 27.8 Å². The van der Waals surface area contributed by atoms with Gasteiger partial charge in [-0.05, 0) is 28.9 Å². The molecule has 0 saturated carbocycles. The van der Waals surface area contributed by atoms with E-state index in [4.69, 9.17) is 9.84 Å². The number of carbonyl (C=O) groups is 2. The van der Waals surface area contributed by atoms with Crippen LogP contribution in [0, 0.1) is 0 Å². The fourth-order valence-corrected chi connectivity index (χ4v) is 1.65. The van der Waals surface area contributed by atoms with Crippen molar-refractivity contribution in [3.63, 3.8) is 0 Å². The molecule has 0 aliphatic rings. The maximum atomic E-state index is 11.7. The van der Waals surface area contributed by atoms with Crippen LogP contribution >= 0.6 is 15.9 Å². The highest BCUT2D eigenvalue weighted by atomic mass is 79.9. The summed E-state index contributed by atoms with van der Waals surface area (Å²) in [5.41, 5.74) is 0.0810. The summed E-state index contributed by atoms with van der Waals surface area (Å²) in [5.74, 6) is -1.24. The number of carboxylic acid groups (broad SMARTS) is 1. The molecule has 17 heavy (non-hydrogen) atoms. The Balaban J connectivity index is 2.93. The number of methoxy groups -OCH3 is 1. The van der Waals surface area contributed by atoms with Crippen LogP contribution in [0.2, 0.25) is 0 Å². The Morgan fingerprint density at radius 1 is 1.59 bits per heavy atom. The van der Waals surface area contributed by atoms with Crippen molar-refractivity contribution in [1.82, 2.24) is 10.3 Å². The molecular formula is C10H11BrN2O4. The van der Waals surface area contributed by atoms with Gasteiger partial charge < -0.3 is 15.2 Å². The molecule has 0 saturated heterocycles. The normalized spacial score (nSPS) is 11.7. The lowest BCUT2D eigenvalue weighted by atomic mass is 10.3. The van der Waals surface area contributed by atoms with Crippen molar-refractivity contribution in [2.75, 3.05) is 7.11 Å². The van der Waals surface area contributed by atoms with Gasteiger partial charge in [-0.1, -0.05) is 0 Å². The standard InChI is InChI=1S/C10H11BrN2O4/c1-5(10(15)16)13-9(14)8-7(11)6(17-2)3-4-12-8/h3-5H,1-2H3,(H,13,14)(H,15,16). The lowest BCUT2D eigenvalue weighted by Crippen LogP contribution is -2.38. The summed E-state index contributed by atoms with van der Waals surface area (Å²) in [5, 5.41) is 11.0. The van der Waals surface area contributed by atoms with Gasteiger partial charge in [0.05, 0.1) is 11.6 Å². The van der Waals surface area contributed by atoms with Gasteiger partial charge in [-0.25, -0.2) is 4.98 Å². The second-order valence-corrected chi connectivity index (χ2v) is 4.00. The van der Waals surface area contributed by atoms with Crippen molar-refractivity contribution in [1.29, 1.82) is 0 Å². The van der Waals surface area contributed by atoms with E-state index in [1.807, 2.05) is 0 Å². The van der Waals surface area contributed by atoms with E-state index in [1.54, 1.807) is 6.07 Å². The minimum absolute atomic E-state index is 0.0810. The van der Waals surface area contributed by atoms with E-state index >= 15 is 0 Å². The molecule has 1 heterocycles. The first-order valence-electron chi connectivity index (χ1n) is 4.69. The SMILES string of the molecule is COc1ccnc(C(=O)NC(C)C(=O)O)c1Br. The highest BCUT2D eigenvalue weighted by molar-refractivity contribution is 9.10. The smallest absolute Gasteiger partial charge is 0.325 e. The molecule has 0 fully saturated rings. The Kier molecular flexibility index (Phi) is 4.45. The van der Waals surface area contributed by atoms with Gasteiger partial charge in [0.2, 0.25) is 0 Å². The average molecular weight is 303 g/mol. The van der Waals surface area contributed by atoms with Gasteiger partial charge in [-0.15, -0.1) is 0 Å². The Hall–Kier alpha value is -1.63. The van der Waals surface area contributed by atoms with Crippen LogP contribution in [0.15, 0.2) is 16.7 Å². The van der Waals surface area contributed by atoms with Crippen molar-refractivity contribution < 1.29 is 19.4 Å². The zero-order chi connectivity index (χ0) is 13.0. The minimum Gasteiger partial charge on any atom is -0.495 e. The molecule has 1 amide bonds. The molecule has 6 nitrogen and oxygen atoms in total. The van der Waals surface area contributed by atoms with Crippen LogP contribution in [0.5, 0.6) is 5.75 Å². The zero-order valence-corrected chi connectivity index (χ0v) is 10.8. The number of nitrogens with one attached hydrogen (secondary N) is 1. The van der Waals surface area contributed by atoms with Crippen molar-refractivity contribution in [3.05, 3.63) is 22.4 Å². The van der Waals surface area contributed by atoms with Crippen LogP contribution in [0.4, 0.5) is 0 Å². The highest BCUT2D eigenvalue weighted by Crippen LogP contribution is 2.26. The summed E-state index contributed by atoms with van der Waals surface area (Å²) >= 11 is 3.17. The monoisotopic (exact) mass is 302 g/mol. The van der Waals surface area contributed by atoms with Crippen LogP contribution in [0.25, 0.3) is 0 Å². The molecule has 1 rings (SSSR count). The van der Waals surface area contributed by atoms with Crippen LogP contribution in [-0.2, 0) is 4.79 Å². The van der Waals surface area contributed by atoms with Crippen LogP contribution < -0.4 is 10.1 Å². The molecule has 0 radical (unpaired) electrons. The lowest BCUT2D eigenvalue weighted by Gasteiger charge is -2.11. The number of carboxylic acids is 1. The predicted octanol–water partition coefficient (Wildman–Crippen LogP) is 1.06. The Bertz CT molecular complexity index is 450.